The summed E-state index contributed by atoms with van der Waals surface area (Å²) in [5.41, 5.74) is 0.538. The molecule has 17 heavy (non-hydrogen) atoms. The molecule has 0 unspecified atom stereocenters. The lowest BCUT2D eigenvalue weighted by Gasteiger charge is -2.12. The second-order valence-electron chi connectivity index (χ2n) is 3.23. The third-order valence-electron chi connectivity index (χ3n) is 1.91. The van der Waals surface area contributed by atoms with Crippen molar-refractivity contribution >= 4 is 35.7 Å². The Morgan fingerprint density at radius 1 is 1.41 bits per heavy atom. The van der Waals surface area contributed by atoms with E-state index in [-0.39, 0.29) is 5.75 Å². The summed E-state index contributed by atoms with van der Waals surface area (Å²) in [7, 11) is 3.13. The molecule has 0 N–H and O–H groups in total. The van der Waals surface area contributed by atoms with Crippen molar-refractivity contribution in [2.24, 2.45) is 0 Å². The van der Waals surface area contributed by atoms with E-state index in [0.717, 1.165) is 0 Å². The Kier molecular flexibility index (Phi) is 5.09. The van der Waals surface area contributed by atoms with Gasteiger partial charge < -0.3 is 9.47 Å². The fourth-order valence-electron chi connectivity index (χ4n) is 1.36. The van der Waals surface area contributed by atoms with E-state index in [1.54, 1.807) is 12.1 Å². The van der Waals surface area contributed by atoms with Crippen molar-refractivity contribution in [3.63, 3.8) is 0 Å². The summed E-state index contributed by atoms with van der Waals surface area (Å²) in [4.78, 5) is 0. The van der Waals surface area contributed by atoms with Gasteiger partial charge in [-0.05, 0) is 40.5 Å². The van der Waals surface area contributed by atoms with Crippen molar-refractivity contribution < 1.29 is 17.9 Å². The molecule has 0 atom stereocenters. The summed E-state index contributed by atoms with van der Waals surface area (Å²) in [6, 6.07) is 3.24. The van der Waals surface area contributed by atoms with Gasteiger partial charge in [0.15, 0.2) is 11.5 Å². The SMILES string of the molecule is CCOc1cc(CS(=O)(=O)Cl)cc(Br)c1OC. The quantitative estimate of drug-likeness (QED) is 0.771. The molecule has 0 saturated carbocycles. The van der Waals surface area contributed by atoms with Crippen LogP contribution in [0.5, 0.6) is 11.5 Å². The van der Waals surface area contributed by atoms with Gasteiger partial charge in [-0.15, -0.1) is 0 Å². The van der Waals surface area contributed by atoms with Gasteiger partial charge in [0.05, 0.1) is 23.9 Å². The first kappa shape index (κ1) is 14.6. The number of rotatable bonds is 5. The van der Waals surface area contributed by atoms with E-state index < -0.39 is 9.05 Å². The highest BCUT2D eigenvalue weighted by Gasteiger charge is 2.14. The number of methoxy groups -OCH3 is 1. The first-order chi connectivity index (χ1) is 7.87. The summed E-state index contributed by atoms with van der Waals surface area (Å²) in [5, 5.41) is 0. The Morgan fingerprint density at radius 2 is 2.06 bits per heavy atom. The summed E-state index contributed by atoms with van der Waals surface area (Å²) in [5.74, 6) is 0.763. The van der Waals surface area contributed by atoms with Crippen molar-refractivity contribution in [2.45, 2.75) is 12.7 Å². The first-order valence-corrected chi connectivity index (χ1v) is 8.06. The summed E-state index contributed by atoms with van der Waals surface area (Å²) >= 11 is 3.29. The highest BCUT2D eigenvalue weighted by molar-refractivity contribution is 9.10. The van der Waals surface area contributed by atoms with Crippen molar-refractivity contribution in [3.05, 3.63) is 22.2 Å². The lowest BCUT2D eigenvalue weighted by Crippen LogP contribution is -2.00. The zero-order valence-corrected chi connectivity index (χ0v) is 12.5. The second kappa shape index (κ2) is 5.93. The van der Waals surface area contributed by atoms with Crippen LogP contribution in [0.15, 0.2) is 16.6 Å². The fraction of sp³-hybridized carbons (Fsp3) is 0.400. The van der Waals surface area contributed by atoms with Crippen LogP contribution in [-0.4, -0.2) is 22.1 Å². The molecule has 1 aromatic rings. The molecular formula is C10H12BrClO4S. The predicted octanol–water partition coefficient (Wildman–Crippen LogP) is 2.93. The average Bonchev–Trinajstić information content (AvgIpc) is 2.15. The zero-order valence-electron chi connectivity index (χ0n) is 9.37. The third-order valence-corrected chi connectivity index (χ3v) is 3.51. The van der Waals surface area contributed by atoms with E-state index in [0.29, 0.717) is 28.1 Å². The van der Waals surface area contributed by atoms with Crippen molar-refractivity contribution in [1.29, 1.82) is 0 Å². The van der Waals surface area contributed by atoms with Crippen LogP contribution in [0.25, 0.3) is 0 Å². The average molecular weight is 344 g/mol. The van der Waals surface area contributed by atoms with Gasteiger partial charge in [-0.25, -0.2) is 8.42 Å². The standard InChI is InChI=1S/C10H12BrClO4S/c1-3-16-9-5-7(6-17(12,13)14)4-8(11)10(9)15-2/h4-5H,3,6H2,1-2H3. The van der Waals surface area contributed by atoms with Crippen LogP contribution in [0.1, 0.15) is 12.5 Å². The van der Waals surface area contributed by atoms with Gasteiger partial charge in [-0.3, -0.25) is 0 Å². The number of benzene rings is 1. The number of ether oxygens (including phenoxy) is 2. The van der Waals surface area contributed by atoms with Gasteiger partial charge in [0.25, 0.3) is 0 Å². The monoisotopic (exact) mass is 342 g/mol. The van der Waals surface area contributed by atoms with Crippen molar-refractivity contribution in [2.75, 3.05) is 13.7 Å². The maximum atomic E-state index is 11.0. The molecule has 0 aliphatic carbocycles. The van der Waals surface area contributed by atoms with E-state index >= 15 is 0 Å². The Hall–Kier alpha value is -0.460. The van der Waals surface area contributed by atoms with E-state index in [1.165, 1.54) is 7.11 Å². The number of hydrogen-bond donors (Lipinski definition) is 0. The summed E-state index contributed by atoms with van der Waals surface area (Å²) in [6.45, 7) is 2.29. The van der Waals surface area contributed by atoms with Gasteiger partial charge >= 0.3 is 0 Å². The Bertz CT molecular complexity index is 501. The van der Waals surface area contributed by atoms with Crippen LogP contribution in [0.3, 0.4) is 0 Å². The van der Waals surface area contributed by atoms with Gasteiger partial charge in [0.2, 0.25) is 9.05 Å². The molecule has 0 bridgehead atoms. The van der Waals surface area contributed by atoms with Gasteiger partial charge in [-0.2, -0.15) is 0 Å². The molecule has 0 aliphatic rings. The van der Waals surface area contributed by atoms with Crippen LogP contribution in [-0.2, 0) is 14.8 Å². The molecule has 0 saturated heterocycles. The Labute approximate surface area is 113 Å². The fourth-order valence-corrected chi connectivity index (χ4v) is 2.96. The van der Waals surface area contributed by atoms with E-state index in [4.69, 9.17) is 20.2 Å². The van der Waals surface area contributed by atoms with Gasteiger partial charge in [0.1, 0.15) is 0 Å². The summed E-state index contributed by atoms with van der Waals surface area (Å²) < 4.78 is 33.2. The van der Waals surface area contributed by atoms with Crippen LogP contribution in [0.4, 0.5) is 0 Å². The largest absolute Gasteiger partial charge is 0.492 e. The van der Waals surface area contributed by atoms with Crippen LogP contribution >= 0.6 is 26.6 Å². The second-order valence-corrected chi connectivity index (χ2v) is 6.86. The molecule has 96 valence electrons. The minimum Gasteiger partial charge on any atom is -0.492 e. The van der Waals surface area contributed by atoms with Crippen LogP contribution < -0.4 is 9.47 Å². The van der Waals surface area contributed by atoms with Crippen molar-refractivity contribution in [3.8, 4) is 11.5 Å². The smallest absolute Gasteiger partial charge is 0.236 e. The number of hydrogen-bond acceptors (Lipinski definition) is 4. The highest BCUT2D eigenvalue weighted by atomic mass is 79.9. The molecule has 4 nitrogen and oxygen atoms in total. The molecule has 0 fully saturated rings. The lowest BCUT2D eigenvalue weighted by atomic mass is 10.2. The highest BCUT2D eigenvalue weighted by Crippen LogP contribution is 2.37. The Morgan fingerprint density at radius 3 is 2.53 bits per heavy atom. The lowest BCUT2D eigenvalue weighted by molar-refractivity contribution is 0.309. The molecule has 0 aromatic heterocycles. The topological polar surface area (TPSA) is 52.6 Å². The molecule has 1 rings (SSSR count). The molecule has 0 radical (unpaired) electrons. The molecule has 0 amide bonds. The minimum absolute atomic E-state index is 0.253. The minimum atomic E-state index is -3.59. The van der Waals surface area contributed by atoms with Gasteiger partial charge in [-0.1, -0.05) is 0 Å². The molecule has 1 aromatic carbocycles. The molecular weight excluding hydrogens is 332 g/mol. The van der Waals surface area contributed by atoms with Crippen LogP contribution in [0, 0.1) is 0 Å². The van der Waals surface area contributed by atoms with E-state index in [1.807, 2.05) is 6.92 Å². The van der Waals surface area contributed by atoms with Crippen molar-refractivity contribution in [1.82, 2.24) is 0 Å². The Balaban J connectivity index is 3.19. The molecule has 0 spiro atoms. The maximum absolute atomic E-state index is 11.0. The third kappa shape index (κ3) is 4.37. The summed E-state index contributed by atoms with van der Waals surface area (Å²) in [6.07, 6.45) is 0. The first-order valence-electron chi connectivity index (χ1n) is 4.79. The normalized spacial score (nSPS) is 11.3. The van der Waals surface area contributed by atoms with Crippen LogP contribution in [0.2, 0.25) is 0 Å². The van der Waals surface area contributed by atoms with E-state index in [9.17, 15) is 8.42 Å². The molecule has 7 heteroatoms. The molecule has 0 heterocycles. The molecule has 0 aliphatic heterocycles. The predicted molar refractivity (Wildman–Crippen MR) is 70.3 cm³/mol. The number of halogens is 2. The zero-order chi connectivity index (χ0) is 13.1. The maximum Gasteiger partial charge on any atom is 0.236 e. The van der Waals surface area contributed by atoms with E-state index in [2.05, 4.69) is 15.9 Å². The van der Waals surface area contributed by atoms with Gasteiger partial charge in [0, 0.05) is 10.7 Å².